The standard InChI is InChI=1S/C16H14BrNO2/c1-19-9-8-12-2-6-15(7-3-12)20-16-10-14(17)5-4-13(16)11-18/h2-7,10H,8-9H2,1H3. The molecule has 2 aromatic rings. The molecule has 2 aromatic carbocycles. The Balaban J connectivity index is 2.14. The molecule has 0 saturated carbocycles. The molecule has 0 aliphatic rings. The van der Waals surface area contributed by atoms with Gasteiger partial charge in [0.25, 0.3) is 0 Å². The highest BCUT2D eigenvalue weighted by Gasteiger charge is 2.05. The van der Waals surface area contributed by atoms with Crippen LogP contribution in [0.4, 0.5) is 0 Å². The van der Waals surface area contributed by atoms with Gasteiger partial charge >= 0.3 is 0 Å². The van der Waals surface area contributed by atoms with Crippen LogP contribution < -0.4 is 4.74 Å². The second-order valence-electron chi connectivity index (χ2n) is 4.24. The second kappa shape index (κ2) is 7.09. The fraction of sp³-hybridized carbons (Fsp3) is 0.188. The zero-order chi connectivity index (χ0) is 14.4. The highest BCUT2D eigenvalue weighted by atomic mass is 79.9. The van der Waals surface area contributed by atoms with Gasteiger partial charge in [-0.25, -0.2) is 0 Å². The van der Waals surface area contributed by atoms with Crippen molar-refractivity contribution in [2.24, 2.45) is 0 Å². The van der Waals surface area contributed by atoms with E-state index in [2.05, 4.69) is 22.0 Å². The van der Waals surface area contributed by atoms with Crippen LogP contribution in [0.15, 0.2) is 46.9 Å². The summed E-state index contributed by atoms with van der Waals surface area (Å²) in [6.45, 7) is 0.699. The summed E-state index contributed by atoms with van der Waals surface area (Å²) in [4.78, 5) is 0. The molecule has 4 heteroatoms. The van der Waals surface area contributed by atoms with Crippen LogP contribution in [0, 0.1) is 11.3 Å². The lowest BCUT2D eigenvalue weighted by atomic mass is 10.1. The quantitative estimate of drug-likeness (QED) is 0.820. The van der Waals surface area contributed by atoms with Gasteiger partial charge in [-0.2, -0.15) is 5.26 Å². The molecule has 0 fully saturated rings. The first kappa shape index (κ1) is 14.6. The summed E-state index contributed by atoms with van der Waals surface area (Å²) in [5.74, 6) is 1.26. The van der Waals surface area contributed by atoms with Gasteiger partial charge in [0, 0.05) is 11.6 Å². The maximum Gasteiger partial charge on any atom is 0.146 e. The van der Waals surface area contributed by atoms with Crippen molar-refractivity contribution in [3.05, 3.63) is 58.1 Å². The van der Waals surface area contributed by atoms with Crippen molar-refractivity contribution >= 4 is 15.9 Å². The van der Waals surface area contributed by atoms with Crippen LogP contribution in [-0.2, 0) is 11.2 Å². The third kappa shape index (κ3) is 3.83. The van der Waals surface area contributed by atoms with Crippen LogP contribution in [0.25, 0.3) is 0 Å². The van der Waals surface area contributed by atoms with E-state index in [1.54, 1.807) is 19.2 Å². The summed E-state index contributed by atoms with van der Waals surface area (Å²) in [6.07, 6.45) is 0.872. The van der Waals surface area contributed by atoms with E-state index >= 15 is 0 Å². The lowest BCUT2D eigenvalue weighted by molar-refractivity contribution is 0.202. The molecule has 0 bridgehead atoms. The van der Waals surface area contributed by atoms with E-state index in [-0.39, 0.29) is 0 Å². The SMILES string of the molecule is COCCc1ccc(Oc2cc(Br)ccc2C#N)cc1. The number of nitrogens with zero attached hydrogens (tertiary/aromatic N) is 1. The van der Waals surface area contributed by atoms with E-state index in [9.17, 15) is 0 Å². The Bertz CT molecular complexity index is 617. The Hall–Kier alpha value is -1.83. The van der Waals surface area contributed by atoms with Crippen LogP contribution in [0.3, 0.4) is 0 Å². The predicted octanol–water partition coefficient (Wildman–Crippen LogP) is 4.30. The lowest BCUT2D eigenvalue weighted by Gasteiger charge is -2.08. The predicted molar refractivity (Wildman–Crippen MR) is 81.0 cm³/mol. The molecule has 0 amide bonds. The van der Waals surface area contributed by atoms with Crippen LogP contribution in [0.5, 0.6) is 11.5 Å². The zero-order valence-electron chi connectivity index (χ0n) is 11.1. The molecule has 102 valence electrons. The van der Waals surface area contributed by atoms with E-state index in [1.807, 2.05) is 30.3 Å². The molecular weight excluding hydrogens is 318 g/mol. The van der Waals surface area contributed by atoms with Gasteiger partial charge in [-0.15, -0.1) is 0 Å². The van der Waals surface area contributed by atoms with Crippen molar-refractivity contribution in [3.8, 4) is 17.6 Å². The minimum absolute atomic E-state index is 0.511. The van der Waals surface area contributed by atoms with Gasteiger partial charge < -0.3 is 9.47 Å². The molecule has 0 aliphatic heterocycles. The molecule has 0 atom stereocenters. The lowest BCUT2D eigenvalue weighted by Crippen LogP contribution is -1.94. The van der Waals surface area contributed by atoms with Crippen LogP contribution >= 0.6 is 15.9 Å². The first-order valence-electron chi connectivity index (χ1n) is 6.18. The van der Waals surface area contributed by atoms with Gasteiger partial charge in [-0.05, 0) is 42.3 Å². The van der Waals surface area contributed by atoms with Crippen LogP contribution in [0.1, 0.15) is 11.1 Å². The molecule has 0 heterocycles. The third-order valence-electron chi connectivity index (χ3n) is 2.81. The van der Waals surface area contributed by atoms with Gasteiger partial charge in [0.1, 0.15) is 17.6 Å². The smallest absolute Gasteiger partial charge is 0.146 e. The largest absolute Gasteiger partial charge is 0.456 e. The maximum absolute atomic E-state index is 9.07. The van der Waals surface area contributed by atoms with Crippen molar-refractivity contribution < 1.29 is 9.47 Å². The van der Waals surface area contributed by atoms with E-state index in [4.69, 9.17) is 14.7 Å². The Morgan fingerprint density at radius 3 is 2.55 bits per heavy atom. The van der Waals surface area contributed by atoms with Gasteiger partial charge in [-0.1, -0.05) is 28.1 Å². The maximum atomic E-state index is 9.07. The molecule has 0 aromatic heterocycles. The summed E-state index contributed by atoms with van der Waals surface area (Å²) >= 11 is 3.38. The Morgan fingerprint density at radius 1 is 1.15 bits per heavy atom. The van der Waals surface area contributed by atoms with Gasteiger partial charge in [0.2, 0.25) is 0 Å². The van der Waals surface area contributed by atoms with Crippen molar-refractivity contribution in [2.75, 3.05) is 13.7 Å². The number of benzene rings is 2. The fourth-order valence-electron chi connectivity index (χ4n) is 1.74. The van der Waals surface area contributed by atoms with Crippen LogP contribution in [-0.4, -0.2) is 13.7 Å². The number of ether oxygens (including phenoxy) is 2. The fourth-order valence-corrected chi connectivity index (χ4v) is 2.08. The average Bonchev–Trinajstić information content (AvgIpc) is 2.47. The van der Waals surface area contributed by atoms with Crippen molar-refractivity contribution in [1.29, 1.82) is 5.26 Å². The highest BCUT2D eigenvalue weighted by molar-refractivity contribution is 9.10. The first-order chi connectivity index (χ1) is 9.72. The summed E-state index contributed by atoms with van der Waals surface area (Å²) in [6, 6.07) is 15.2. The van der Waals surface area contributed by atoms with Gasteiger partial charge in [-0.3, -0.25) is 0 Å². The molecule has 2 rings (SSSR count). The first-order valence-corrected chi connectivity index (χ1v) is 6.97. The van der Waals surface area contributed by atoms with Crippen molar-refractivity contribution in [1.82, 2.24) is 0 Å². The minimum atomic E-state index is 0.511. The molecule has 0 saturated heterocycles. The number of rotatable bonds is 5. The number of nitriles is 1. The summed E-state index contributed by atoms with van der Waals surface area (Å²) in [7, 11) is 1.69. The molecule has 20 heavy (non-hydrogen) atoms. The minimum Gasteiger partial charge on any atom is -0.456 e. The van der Waals surface area contributed by atoms with Crippen LogP contribution in [0.2, 0.25) is 0 Å². The summed E-state index contributed by atoms with van der Waals surface area (Å²) in [5.41, 5.74) is 1.70. The Morgan fingerprint density at radius 2 is 1.90 bits per heavy atom. The van der Waals surface area contributed by atoms with Crippen molar-refractivity contribution in [2.45, 2.75) is 6.42 Å². The van der Waals surface area contributed by atoms with E-state index in [1.165, 1.54) is 5.56 Å². The van der Waals surface area contributed by atoms with E-state index in [0.717, 1.165) is 10.9 Å². The van der Waals surface area contributed by atoms with Gasteiger partial charge in [0.05, 0.1) is 12.2 Å². The number of methoxy groups -OCH3 is 1. The molecule has 0 N–H and O–H groups in total. The normalized spacial score (nSPS) is 10.1. The molecule has 0 unspecified atom stereocenters. The number of halogens is 1. The summed E-state index contributed by atoms with van der Waals surface area (Å²) in [5, 5.41) is 9.07. The molecular formula is C16H14BrNO2. The molecule has 0 spiro atoms. The molecule has 3 nitrogen and oxygen atoms in total. The zero-order valence-corrected chi connectivity index (χ0v) is 12.7. The van der Waals surface area contributed by atoms with Crippen molar-refractivity contribution in [3.63, 3.8) is 0 Å². The number of hydrogen-bond donors (Lipinski definition) is 0. The topological polar surface area (TPSA) is 42.2 Å². The van der Waals surface area contributed by atoms with E-state index in [0.29, 0.717) is 23.7 Å². The summed E-state index contributed by atoms with van der Waals surface area (Å²) < 4.78 is 11.7. The van der Waals surface area contributed by atoms with Gasteiger partial charge in [0.15, 0.2) is 0 Å². The molecule has 0 radical (unpaired) electrons. The molecule has 0 aliphatic carbocycles. The highest BCUT2D eigenvalue weighted by Crippen LogP contribution is 2.28. The van der Waals surface area contributed by atoms with E-state index < -0.39 is 0 Å². The Labute approximate surface area is 126 Å². The second-order valence-corrected chi connectivity index (χ2v) is 5.16. The monoisotopic (exact) mass is 331 g/mol. The number of hydrogen-bond acceptors (Lipinski definition) is 3. The third-order valence-corrected chi connectivity index (χ3v) is 3.30. The Kier molecular flexibility index (Phi) is 5.16. The average molecular weight is 332 g/mol.